The molecule has 0 fully saturated rings. The van der Waals surface area contributed by atoms with Crippen molar-refractivity contribution in [2.24, 2.45) is 0 Å². The van der Waals surface area contributed by atoms with Gasteiger partial charge in [-0.3, -0.25) is 4.79 Å². The first-order valence-corrected chi connectivity index (χ1v) is 4.05. The summed E-state index contributed by atoms with van der Waals surface area (Å²) in [5.74, 6) is -2.25. The van der Waals surface area contributed by atoms with Crippen LogP contribution in [-0.4, -0.2) is 22.1 Å². The first kappa shape index (κ1) is 10.8. The number of hydrogen-bond donors (Lipinski definition) is 3. The molecule has 0 aliphatic rings. The van der Waals surface area contributed by atoms with Gasteiger partial charge in [0.2, 0.25) is 5.91 Å². The van der Waals surface area contributed by atoms with E-state index in [2.05, 4.69) is 11.9 Å². The number of para-hydroxylation sites is 1. The second-order valence-corrected chi connectivity index (χ2v) is 2.70. The second kappa shape index (κ2) is 4.28. The number of amides is 1. The van der Waals surface area contributed by atoms with E-state index in [1.54, 1.807) is 0 Å². The molecule has 0 saturated heterocycles. The van der Waals surface area contributed by atoms with Crippen molar-refractivity contribution >= 4 is 17.6 Å². The fourth-order valence-corrected chi connectivity index (χ4v) is 1.00. The SMILES string of the molecule is C=CC(=O)Nc1cccc(C(=O)O)c1O. The summed E-state index contributed by atoms with van der Waals surface area (Å²) in [5.41, 5.74) is -0.225. The Morgan fingerprint density at radius 2 is 2.07 bits per heavy atom. The van der Waals surface area contributed by atoms with E-state index in [0.717, 1.165) is 6.08 Å². The molecule has 78 valence electrons. The zero-order valence-electron chi connectivity index (χ0n) is 7.73. The number of carboxylic acid groups (broad SMARTS) is 1. The van der Waals surface area contributed by atoms with Crippen molar-refractivity contribution in [3.8, 4) is 5.75 Å². The van der Waals surface area contributed by atoms with E-state index in [1.165, 1.54) is 18.2 Å². The van der Waals surface area contributed by atoms with E-state index in [0.29, 0.717) is 0 Å². The minimum absolute atomic E-state index is 0.0415. The van der Waals surface area contributed by atoms with Crippen molar-refractivity contribution in [2.75, 3.05) is 5.32 Å². The monoisotopic (exact) mass is 207 g/mol. The fourth-order valence-electron chi connectivity index (χ4n) is 1.00. The predicted octanol–water partition coefficient (Wildman–Crippen LogP) is 1.21. The quantitative estimate of drug-likeness (QED) is 0.513. The summed E-state index contributed by atoms with van der Waals surface area (Å²) in [5, 5.41) is 20.4. The molecule has 5 nitrogen and oxygen atoms in total. The van der Waals surface area contributed by atoms with Gasteiger partial charge in [-0.2, -0.15) is 0 Å². The van der Waals surface area contributed by atoms with Crippen LogP contribution in [0.25, 0.3) is 0 Å². The Morgan fingerprint density at radius 3 is 2.60 bits per heavy atom. The van der Waals surface area contributed by atoms with E-state index >= 15 is 0 Å². The van der Waals surface area contributed by atoms with Crippen LogP contribution in [0.3, 0.4) is 0 Å². The summed E-state index contributed by atoms with van der Waals surface area (Å²) in [6.07, 6.45) is 1.02. The largest absolute Gasteiger partial charge is 0.505 e. The molecular formula is C10H9NO4. The Balaban J connectivity index is 3.09. The maximum atomic E-state index is 10.9. The molecule has 15 heavy (non-hydrogen) atoms. The van der Waals surface area contributed by atoms with Crippen LogP contribution in [-0.2, 0) is 4.79 Å². The van der Waals surface area contributed by atoms with E-state index < -0.39 is 17.6 Å². The van der Waals surface area contributed by atoms with Gasteiger partial charge in [0.1, 0.15) is 5.56 Å². The van der Waals surface area contributed by atoms with Gasteiger partial charge in [0.05, 0.1) is 5.69 Å². The lowest BCUT2D eigenvalue weighted by Crippen LogP contribution is -2.08. The molecule has 0 atom stereocenters. The lowest BCUT2D eigenvalue weighted by atomic mass is 10.1. The van der Waals surface area contributed by atoms with Gasteiger partial charge in [-0.25, -0.2) is 4.79 Å². The van der Waals surface area contributed by atoms with Crippen molar-refractivity contribution in [1.29, 1.82) is 0 Å². The van der Waals surface area contributed by atoms with Crippen LogP contribution >= 0.6 is 0 Å². The van der Waals surface area contributed by atoms with Crippen molar-refractivity contribution in [3.63, 3.8) is 0 Å². The summed E-state index contributed by atoms with van der Waals surface area (Å²) >= 11 is 0. The number of phenols is 1. The van der Waals surface area contributed by atoms with Gasteiger partial charge in [0.15, 0.2) is 5.75 Å². The highest BCUT2D eigenvalue weighted by molar-refractivity contribution is 6.02. The number of anilines is 1. The Bertz CT molecular complexity index is 425. The number of benzene rings is 1. The van der Waals surface area contributed by atoms with Crippen molar-refractivity contribution in [1.82, 2.24) is 0 Å². The Kier molecular flexibility index (Phi) is 3.07. The van der Waals surface area contributed by atoms with Crippen molar-refractivity contribution in [2.45, 2.75) is 0 Å². The van der Waals surface area contributed by atoms with E-state index in [4.69, 9.17) is 5.11 Å². The third kappa shape index (κ3) is 2.34. The summed E-state index contributed by atoms with van der Waals surface area (Å²) in [7, 11) is 0. The molecule has 0 saturated carbocycles. The van der Waals surface area contributed by atoms with Crippen LogP contribution in [0.5, 0.6) is 5.75 Å². The third-order valence-electron chi connectivity index (χ3n) is 1.71. The van der Waals surface area contributed by atoms with Gasteiger partial charge in [0.25, 0.3) is 0 Å². The number of hydrogen-bond acceptors (Lipinski definition) is 3. The normalized spacial score (nSPS) is 9.33. The molecule has 0 spiro atoms. The average molecular weight is 207 g/mol. The average Bonchev–Trinajstić information content (AvgIpc) is 2.20. The molecule has 0 aliphatic carbocycles. The zero-order chi connectivity index (χ0) is 11.4. The molecule has 0 bridgehead atoms. The first-order valence-electron chi connectivity index (χ1n) is 4.05. The van der Waals surface area contributed by atoms with E-state index in [-0.39, 0.29) is 11.3 Å². The molecule has 1 aromatic carbocycles. The summed E-state index contributed by atoms with van der Waals surface area (Å²) < 4.78 is 0. The van der Waals surface area contributed by atoms with Gasteiger partial charge >= 0.3 is 5.97 Å². The van der Waals surface area contributed by atoms with Crippen LogP contribution in [0.2, 0.25) is 0 Å². The lowest BCUT2D eigenvalue weighted by Gasteiger charge is -2.06. The van der Waals surface area contributed by atoms with Crippen LogP contribution in [0.4, 0.5) is 5.69 Å². The highest BCUT2D eigenvalue weighted by Gasteiger charge is 2.13. The number of carboxylic acids is 1. The molecule has 0 aliphatic heterocycles. The zero-order valence-corrected chi connectivity index (χ0v) is 7.73. The highest BCUT2D eigenvalue weighted by Crippen LogP contribution is 2.27. The van der Waals surface area contributed by atoms with Gasteiger partial charge in [-0.05, 0) is 18.2 Å². The minimum atomic E-state index is -1.26. The smallest absolute Gasteiger partial charge is 0.339 e. The minimum Gasteiger partial charge on any atom is -0.505 e. The lowest BCUT2D eigenvalue weighted by molar-refractivity contribution is -0.111. The van der Waals surface area contributed by atoms with Gasteiger partial charge < -0.3 is 15.5 Å². The summed E-state index contributed by atoms with van der Waals surface area (Å²) in [4.78, 5) is 21.6. The number of carbonyl (C=O) groups is 2. The maximum Gasteiger partial charge on any atom is 0.339 e. The fraction of sp³-hybridized carbons (Fsp3) is 0. The Hall–Kier alpha value is -2.30. The van der Waals surface area contributed by atoms with Crippen LogP contribution in [0.1, 0.15) is 10.4 Å². The number of aromatic carboxylic acids is 1. The van der Waals surface area contributed by atoms with Crippen LogP contribution in [0.15, 0.2) is 30.9 Å². The topological polar surface area (TPSA) is 86.6 Å². The molecule has 0 heterocycles. The molecular weight excluding hydrogens is 198 g/mol. The maximum absolute atomic E-state index is 10.9. The van der Waals surface area contributed by atoms with Gasteiger partial charge in [-0.1, -0.05) is 12.6 Å². The molecule has 3 N–H and O–H groups in total. The molecule has 1 amide bonds. The molecule has 0 unspecified atom stereocenters. The number of carbonyl (C=O) groups excluding carboxylic acids is 1. The van der Waals surface area contributed by atoms with Crippen molar-refractivity contribution < 1.29 is 19.8 Å². The molecule has 0 radical (unpaired) electrons. The third-order valence-corrected chi connectivity index (χ3v) is 1.71. The van der Waals surface area contributed by atoms with Crippen LogP contribution in [0, 0.1) is 0 Å². The number of rotatable bonds is 3. The number of aromatic hydroxyl groups is 1. The Morgan fingerprint density at radius 1 is 1.40 bits per heavy atom. The van der Waals surface area contributed by atoms with Crippen LogP contribution < -0.4 is 5.32 Å². The summed E-state index contributed by atoms with van der Waals surface area (Å²) in [6, 6.07) is 4.05. The second-order valence-electron chi connectivity index (χ2n) is 2.70. The first-order chi connectivity index (χ1) is 7.06. The van der Waals surface area contributed by atoms with E-state index in [1.807, 2.05) is 0 Å². The predicted molar refractivity (Wildman–Crippen MR) is 53.9 cm³/mol. The van der Waals surface area contributed by atoms with E-state index in [9.17, 15) is 14.7 Å². The molecule has 5 heteroatoms. The summed E-state index contributed by atoms with van der Waals surface area (Å²) in [6.45, 7) is 3.23. The Labute approximate surface area is 85.7 Å². The number of nitrogens with one attached hydrogen (secondary N) is 1. The van der Waals surface area contributed by atoms with Gasteiger partial charge in [-0.15, -0.1) is 0 Å². The standard InChI is InChI=1S/C10H9NO4/c1-2-8(12)11-7-5-3-4-6(9(7)13)10(14)15/h2-5,13H,1H2,(H,11,12)(H,14,15). The molecule has 1 rings (SSSR count). The highest BCUT2D eigenvalue weighted by atomic mass is 16.4. The molecule has 0 aromatic heterocycles. The molecule has 1 aromatic rings. The van der Waals surface area contributed by atoms with Crippen molar-refractivity contribution in [3.05, 3.63) is 36.4 Å². The van der Waals surface area contributed by atoms with Gasteiger partial charge in [0, 0.05) is 0 Å².